The fraction of sp³-hybridized carbons (Fsp3) is 0.444. The number of hydrogen-bond donors (Lipinski definition) is 1. The van der Waals surface area contributed by atoms with E-state index in [9.17, 15) is 0 Å². The molecular formula is C18H23NO. The zero-order valence-electron chi connectivity index (χ0n) is 12.4. The van der Waals surface area contributed by atoms with Crippen LogP contribution < -0.4 is 5.32 Å². The molecule has 2 nitrogen and oxygen atoms in total. The summed E-state index contributed by atoms with van der Waals surface area (Å²) in [6, 6.07) is 9.35. The smallest absolute Gasteiger partial charge is 0.108 e. The van der Waals surface area contributed by atoms with Gasteiger partial charge in [0.05, 0.1) is 12.3 Å². The highest BCUT2D eigenvalue weighted by Gasteiger charge is 2.20. The minimum absolute atomic E-state index is 0.250. The number of fused-ring (bicyclic) bond motifs is 1. The Morgan fingerprint density at radius 3 is 2.80 bits per heavy atom. The summed E-state index contributed by atoms with van der Waals surface area (Å²) in [5.74, 6) is 1.09. The van der Waals surface area contributed by atoms with Crippen molar-refractivity contribution in [2.75, 3.05) is 6.54 Å². The lowest BCUT2D eigenvalue weighted by Crippen LogP contribution is -2.22. The SMILES string of the molecule is CCNC(c1ccc2c(c1)CCC2)c1ccoc1CC. The van der Waals surface area contributed by atoms with Gasteiger partial charge in [-0.15, -0.1) is 0 Å². The van der Waals surface area contributed by atoms with E-state index in [2.05, 4.69) is 43.4 Å². The number of furan rings is 1. The summed E-state index contributed by atoms with van der Waals surface area (Å²) in [5.41, 5.74) is 5.72. The standard InChI is InChI=1S/C18H23NO/c1-3-17-16(10-11-20-17)18(19-4-2)15-9-8-13-6-5-7-14(13)12-15/h8-12,18-19H,3-7H2,1-2H3. The molecule has 0 amide bonds. The first-order valence-electron chi connectivity index (χ1n) is 7.74. The minimum Gasteiger partial charge on any atom is -0.469 e. The number of aryl methyl sites for hydroxylation is 3. The predicted molar refractivity (Wildman–Crippen MR) is 82.1 cm³/mol. The second kappa shape index (κ2) is 5.84. The molecule has 20 heavy (non-hydrogen) atoms. The van der Waals surface area contributed by atoms with E-state index in [1.807, 2.05) is 6.26 Å². The van der Waals surface area contributed by atoms with E-state index in [1.54, 1.807) is 0 Å². The molecule has 0 saturated heterocycles. The molecule has 2 aromatic rings. The van der Waals surface area contributed by atoms with Gasteiger partial charge in [0.25, 0.3) is 0 Å². The van der Waals surface area contributed by atoms with Crippen LogP contribution in [0.5, 0.6) is 0 Å². The summed E-state index contributed by atoms with van der Waals surface area (Å²) in [4.78, 5) is 0. The molecule has 0 spiro atoms. The summed E-state index contributed by atoms with van der Waals surface area (Å²) >= 11 is 0. The van der Waals surface area contributed by atoms with Crippen LogP contribution in [0.2, 0.25) is 0 Å². The van der Waals surface area contributed by atoms with Crippen LogP contribution in [0.25, 0.3) is 0 Å². The van der Waals surface area contributed by atoms with Crippen molar-refractivity contribution >= 4 is 0 Å². The van der Waals surface area contributed by atoms with Gasteiger partial charge in [-0.25, -0.2) is 0 Å². The quantitative estimate of drug-likeness (QED) is 0.886. The zero-order valence-corrected chi connectivity index (χ0v) is 12.4. The van der Waals surface area contributed by atoms with E-state index in [4.69, 9.17) is 4.42 Å². The van der Waals surface area contributed by atoms with Crippen LogP contribution in [0.4, 0.5) is 0 Å². The third-order valence-corrected chi connectivity index (χ3v) is 4.28. The molecule has 1 unspecified atom stereocenters. The average Bonchev–Trinajstić information content (AvgIpc) is 3.12. The Bertz CT molecular complexity index is 585. The van der Waals surface area contributed by atoms with Crippen LogP contribution in [-0.2, 0) is 19.3 Å². The van der Waals surface area contributed by atoms with Crippen LogP contribution in [-0.4, -0.2) is 6.54 Å². The highest BCUT2D eigenvalue weighted by molar-refractivity contribution is 5.40. The van der Waals surface area contributed by atoms with Crippen LogP contribution in [0.1, 0.15) is 54.3 Å². The van der Waals surface area contributed by atoms with Gasteiger partial charge in [-0.2, -0.15) is 0 Å². The summed E-state index contributed by atoms with van der Waals surface area (Å²) in [6.45, 7) is 5.26. The largest absolute Gasteiger partial charge is 0.469 e. The Kier molecular flexibility index (Phi) is 3.93. The van der Waals surface area contributed by atoms with Crippen molar-refractivity contribution in [1.82, 2.24) is 5.32 Å². The number of rotatable bonds is 5. The van der Waals surface area contributed by atoms with Crippen molar-refractivity contribution in [1.29, 1.82) is 0 Å². The van der Waals surface area contributed by atoms with Crippen molar-refractivity contribution in [3.05, 3.63) is 58.5 Å². The maximum atomic E-state index is 5.62. The normalized spacial score (nSPS) is 15.3. The monoisotopic (exact) mass is 269 g/mol. The molecule has 3 rings (SSSR count). The summed E-state index contributed by atoms with van der Waals surface area (Å²) < 4.78 is 5.62. The lowest BCUT2D eigenvalue weighted by molar-refractivity contribution is 0.502. The van der Waals surface area contributed by atoms with Crippen LogP contribution in [0, 0.1) is 0 Å². The molecular weight excluding hydrogens is 246 g/mol. The van der Waals surface area contributed by atoms with Gasteiger partial charge in [-0.3, -0.25) is 0 Å². The van der Waals surface area contributed by atoms with Crippen molar-refractivity contribution in [2.24, 2.45) is 0 Å². The number of nitrogens with one attached hydrogen (secondary N) is 1. The third-order valence-electron chi connectivity index (χ3n) is 4.28. The molecule has 1 atom stereocenters. The van der Waals surface area contributed by atoms with Gasteiger partial charge >= 0.3 is 0 Å². The topological polar surface area (TPSA) is 25.2 Å². The third kappa shape index (κ3) is 2.40. The van der Waals surface area contributed by atoms with E-state index in [0.29, 0.717) is 0 Å². The van der Waals surface area contributed by atoms with Crippen molar-refractivity contribution < 1.29 is 4.42 Å². The molecule has 2 heteroatoms. The summed E-state index contributed by atoms with van der Waals surface area (Å²) in [7, 11) is 0. The Morgan fingerprint density at radius 1 is 1.15 bits per heavy atom. The first-order valence-corrected chi connectivity index (χ1v) is 7.74. The van der Waals surface area contributed by atoms with E-state index >= 15 is 0 Å². The van der Waals surface area contributed by atoms with Gasteiger partial charge in [0.2, 0.25) is 0 Å². The Morgan fingerprint density at radius 2 is 2.00 bits per heavy atom. The number of hydrogen-bond acceptors (Lipinski definition) is 2. The van der Waals surface area contributed by atoms with Crippen LogP contribution in [0.15, 0.2) is 34.9 Å². The molecule has 1 heterocycles. The molecule has 1 aromatic heterocycles. The Balaban J connectivity index is 1.98. The molecule has 1 N–H and O–H groups in total. The molecule has 1 aliphatic carbocycles. The molecule has 1 aromatic carbocycles. The minimum atomic E-state index is 0.250. The van der Waals surface area contributed by atoms with Gasteiger partial charge in [0.1, 0.15) is 5.76 Å². The molecule has 0 saturated carbocycles. The predicted octanol–water partition coefficient (Wildman–Crippen LogP) is 4.03. The zero-order chi connectivity index (χ0) is 13.9. The molecule has 1 aliphatic rings. The summed E-state index contributed by atoms with van der Waals surface area (Å²) in [6.07, 6.45) is 6.53. The summed E-state index contributed by atoms with van der Waals surface area (Å²) in [5, 5.41) is 3.61. The van der Waals surface area contributed by atoms with E-state index < -0.39 is 0 Å². The van der Waals surface area contributed by atoms with Crippen molar-refractivity contribution in [2.45, 2.75) is 45.6 Å². The fourth-order valence-corrected chi connectivity index (χ4v) is 3.28. The lowest BCUT2D eigenvalue weighted by atomic mass is 9.95. The van der Waals surface area contributed by atoms with E-state index in [1.165, 1.54) is 41.5 Å². The molecule has 0 bridgehead atoms. The highest BCUT2D eigenvalue weighted by Crippen LogP contribution is 2.30. The van der Waals surface area contributed by atoms with Gasteiger partial charge in [-0.1, -0.05) is 32.0 Å². The maximum absolute atomic E-state index is 5.62. The van der Waals surface area contributed by atoms with E-state index in [-0.39, 0.29) is 6.04 Å². The van der Waals surface area contributed by atoms with Crippen molar-refractivity contribution in [3.63, 3.8) is 0 Å². The Hall–Kier alpha value is -1.54. The molecule has 106 valence electrons. The Labute approximate surface area is 121 Å². The first-order chi connectivity index (χ1) is 9.83. The maximum Gasteiger partial charge on any atom is 0.108 e. The van der Waals surface area contributed by atoms with Gasteiger partial charge in [0, 0.05) is 12.0 Å². The fourth-order valence-electron chi connectivity index (χ4n) is 3.28. The van der Waals surface area contributed by atoms with Crippen molar-refractivity contribution in [3.8, 4) is 0 Å². The molecule has 0 fully saturated rings. The second-order valence-electron chi connectivity index (χ2n) is 5.53. The number of benzene rings is 1. The van der Waals surface area contributed by atoms with Gasteiger partial charge < -0.3 is 9.73 Å². The van der Waals surface area contributed by atoms with E-state index in [0.717, 1.165) is 18.7 Å². The van der Waals surface area contributed by atoms with Gasteiger partial charge in [-0.05, 0) is 48.6 Å². The molecule has 0 radical (unpaired) electrons. The van der Waals surface area contributed by atoms with Crippen LogP contribution >= 0.6 is 0 Å². The second-order valence-corrected chi connectivity index (χ2v) is 5.53. The highest BCUT2D eigenvalue weighted by atomic mass is 16.3. The van der Waals surface area contributed by atoms with Crippen LogP contribution in [0.3, 0.4) is 0 Å². The average molecular weight is 269 g/mol. The van der Waals surface area contributed by atoms with Gasteiger partial charge in [0.15, 0.2) is 0 Å². The first kappa shape index (κ1) is 13.4. The lowest BCUT2D eigenvalue weighted by Gasteiger charge is -2.19. The molecule has 0 aliphatic heterocycles.